The van der Waals surface area contributed by atoms with Crippen LogP contribution in [0.15, 0.2) is 22.8 Å². The molecule has 1 saturated heterocycles. The predicted octanol–water partition coefficient (Wildman–Crippen LogP) is 2.65. The first-order chi connectivity index (χ1) is 6.75. The molecule has 0 unspecified atom stereocenters. The van der Waals surface area contributed by atoms with Gasteiger partial charge in [0, 0.05) is 18.2 Å². The molecule has 1 aromatic rings. The Labute approximate surface area is 93.5 Å². The van der Waals surface area contributed by atoms with E-state index in [9.17, 15) is 0 Å². The Bertz CT molecular complexity index is 314. The van der Waals surface area contributed by atoms with Crippen molar-refractivity contribution < 1.29 is 0 Å². The zero-order valence-electron chi connectivity index (χ0n) is 8.41. The smallest absolute Gasteiger partial charge is 0.106 e. The summed E-state index contributed by atoms with van der Waals surface area (Å²) in [5.41, 5.74) is 1.23. The third kappa shape index (κ3) is 2.34. The molecule has 2 nitrogen and oxygen atoms in total. The number of likely N-dealkylation sites (tertiary alicyclic amines) is 1. The van der Waals surface area contributed by atoms with Crippen molar-refractivity contribution in [1.82, 2.24) is 9.88 Å². The fourth-order valence-electron chi connectivity index (χ4n) is 2.06. The molecule has 1 fully saturated rings. The number of rotatable bonds is 1. The highest BCUT2D eigenvalue weighted by molar-refractivity contribution is 9.10. The molecule has 0 amide bonds. The fourth-order valence-corrected chi connectivity index (χ4v) is 2.42. The Morgan fingerprint density at radius 3 is 3.07 bits per heavy atom. The number of hydrogen-bond donors (Lipinski definition) is 0. The molecular weight excluding hydrogens is 240 g/mol. The molecule has 14 heavy (non-hydrogen) atoms. The number of hydrogen-bond acceptors (Lipinski definition) is 2. The lowest BCUT2D eigenvalue weighted by Gasteiger charge is -2.29. The Morgan fingerprint density at radius 2 is 2.36 bits per heavy atom. The van der Waals surface area contributed by atoms with Gasteiger partial charge in [0.25, 0.3) is 0 Å². The summed E-state index contributed by atoms with van der Waals surface area (Å²) >= 11 is 3.42. The molecular formula is C11H15BrN2. The maximum Gasteiger partial charge on any atom is 0.106 e. The SMILES string of the molecule is CN1CCC[C@@H](c2cccc(Br)n2)C1. The molecule has 0 bridgehead atoms. The molecule has 3 heteroatoms. The molecule has 0 aromatic carbocycles. The van der Waals surface area contributed by atoms with Crippen molar-refractivity contribution >= 4 is 15.9 Å². The Morgan fingerprint density at radius 1 is 1.50 bits per heavy atom. The summed E-state index contributed by atoms with van der Waals surface area (Å²) in [5.74, 6) is 0.617. The van der Waals surface area contributed by atoms with Crippen LogP contribution in [-0.2, 0) is 0 Å². The molecule has 0 saturated carbocycles. The second kappa shape index (κ2) is 4.41. The highest BCUT2D eigenvalue weighted by Crippen LogP contribution is 2.25. The van der Waals surface area contributed by atoms with E-state index < -0.39 is 0 Å². The lowest BCUT2D eigenvalue weighted by atomic mass is 9.95. The second-order valence-electron chi connectivity index (χ2n) is 3.99. The number of halogens is 1. The molecule has 76 valence electrons. The highest BCUT2D eigenvalue weighted by atomic mass is 79.9. The predicted molar refractivity (Wildman–Crippen MR) is 61.4 cm³/mol. The van der Waals surface area contributed by atoms with Gasteiger partial charge < -0.3 is 4.90 Å². The molecule has 0 aliphatic carbocycles. The number of aromatic nitrogens is 1. The molecule has 2 rings (SSSR count). The third-order valence-electron chi connectivity index (χ3n) is 2.78. The van der Waals surface area contributed by atoms with E-state index in [1.165, 1.54) is 25.1 Å². The molecule has 1 aromatic heterocycles. The van der Waals surface area contributed by atoms with Crippen LogP contribution in [0, 0.1) is 0 Å². The number of piperidine rings is 1. The number of pyridine rings is 1. The van der Waals surface area contributed by atoms with Gasteiger partial charge in [-0.2, -0.15) is 0 Å². The van der Waals surface area contributed by atoms with Gasteiger partial charge in [-0.25, -0.2) is 4.98 Å². The highest BCUT2D eigenvalue weighted by Gasteiger charge is 2.19. The standard InChI is InChI=1S/C11H15BrN2/c1-14-7-3-4-9(8-14)10-5-2-6-11(12)13-10/h2,5-6,9H,3-4,7-8H2,1H3/t9-/m1/s1. The van der Waals surface area contributed by atoms with Gasteiger partial charge in [0.15, 0.2) is 0 Å². The molecule has 1 atom stereocenters. The van der Waals surface area contributed by atoms with Crippen LogP contribution < -0.4 is 0 Å². The number of likely N-dealkylation sites (N-methyl/N-ethyl adjacent to an activating group) is 1. The Balaban J connectivity index is 2.14. The van der Waals surface area contributed by atoms with Crippen molar-refractivity contribution in [3.8, 4) is 0 Å². The summed E-state index contributed by atoms with van der Waals surface area (Å²) in [6.07, 6.45) is 2.56. The average Bonchev–Trinajstić information content (AvgIpc) is 2.18. The largest absolute Gasteiger partial charge is 0.306 e. The Hall–Kier alpha value is -0.410. The zero-order chi connectivity index (χ0) is 9.97. The summed E-state index contributed by atoms with van der Waals surface area (Å²) in [6.45, 7) is 2.37. The minimum Gasteiger partial charge on any atom is -0.306 e. The lowest BCUT2D eigenvalue weighted by Crippen LogP contribution is -2.31. The summed E-state index contributed by atoms with van der Waals surface area (Å²) < 4.78 is 0.947. The first-order valence-corrected chi connectivity index (χ1v) is 5.86. The van der Waals surface area contributed by atoms with Gasteiger partial charge >= 0.3 is 0 Å². The van der Waals surface area contributed by atoms with Crippen LogP contribution >= 0.6 is 15.9 Å². The first kappa shape index (κ1) is 10.1. The van der Waals surface area contributed by atoms with Crippen LogP contribution in [0.5, 0.6) is 0 Å². The normalized spacial score (nSPS) is 23.7. The van der Waals surface area contributed by atoms with Crippen molar-refractivity contribution in [2.45, 2.75) is 18.8 Å². The van der Waals surface area contributed by atoms with E-state index in [0.717, 1.165) is 11.1 Å². The van der Waals surface area contributed by atoms with Crippen LogP contribution in [0.25, 0.3) is 0 Å². The van der Waals surface area contributed by atoms with Crippen LogP contribution in [0.4, 0.5) is 0 Å². The maximum absolute atomic E-state index is 4.52. The lowest BCUT2D eigenvalue weighted by molar-refractivity contribution is 0.248. The molecule has 1 aliphatic heterocycles. The van der Waals surface area contributed by atoms with Crippen molar-refractivity contribution in [3.63, 3.8) is 0 Å². The van der Waals surface area contributed by atoms with E-state index in [1.54, 1.807) is 0 Å². The fraction of sp³-hybridized carbons (Fsp3) is 0.545. The van der Waals surface area contributed by atoms with Crippen molar-refractivity contribution in [2.75, 3.05) is 20.1 Å². The monoisotopic (exact) mass is 254 g/mol. The van der Waals surface area contributed by atoms with E-state index in [-0.39, 0.29) is 0 Å². The van der Waals surface area contributed by atoms with Gasteiger partial charge in [-0.1, -0.05) is 6.07 Å². The van der Waals surface area contributed by atoms with Crippen LogP contribution in [0.1, 0.15) is 24.5 Å². The molecule has 0 N–H and O–H groups in total. The number of nitrogens with zero attached hydrogens (tertiary/aromatic N) is 2. The summed E-state index contributed by atoms with van der Waals surface area (Å²) in [4.78, 5) is 6.91. The third-order valence-corrected chi connectivity index (χ3v) is 3.22. The minimum absolute atomic E-state index is 0.617. The maximum atomic E-state index is 4.52. The van der Waals surface area contributed by atoms with Crippen LogP contribution in [-0.4, -0.2) is 30.0 Å². The summed E-state index contributed by atoms with van der Waals surface area (Å²) in [6, 6.07) is 6.19. The van der Waals surface area contributed by atoms with E-state index in [2.05, 4.69) is 45.0 Å². The van der Waals surface area contributed by atoms with E-state index in [4.69, 9.17) is 0 Å². The first-order valence-electron chi connectivity index (χ1n) is 5.07. The van der Waals surface area contributed by atoms with Gasteiger partial charge in [-0.05, 0) is 54.5 Å². The summed E-state index contributed by atoms with van der Waals surface area (Å²) in [7, 11) is 2.18. The molecule has 2 heterocycles. The molecule has 1 aliphatic rings. The van der Waals surface area contributed by atoms with E-state index in [1.807, 2.05) is 6.07 Å². The van der Waals surface area contributed by atoms with E-state index >= 15 is 0 Å². The molecule has 0 radical (unpaired) electrons. The van der Waals surface area contributed by atoms with Gasteiger partial charge in [0.05, 0.1) is 0 Å². The van der Waals surface area contributed by atoms with Crippen LogP contribution in [0.3, 0.4) is 0 Å². The Kier molecular flexibility index (Phi) is 3.19. The quantitative estimate of drug-likeness (QED) is 0.717. The minimum atomic E-state index is 0.617. The second-order valence-corrected chi connectivity index (χ2v) is 4.80. The van der Waals surface area contributed by atoms with Crippen molar-refractivity contribution in [2.24, 2.45) is 0 Å². The van der Waals surface area contributed by atoms with Crippen molar-refractivity contribution in [1.29, 1.82) is 0 Å². The summed E-state index contributed by atoms with van der Waals surface area (Å²) in [5, 5.41) is 0. The topological polar surface area (TPSA) is 16.1 Å². The van der Waals surface area contributed by atoms with Gasteiger partial charge in [0.1, 0.15) is 4.60 Å². The van der Waals surface area contributed by atoms with Gasteiger partial charge in [-0.15, -0.1) is 0 Å². The van der Waals surface area contributed by atoms with Gasteiger partial charge in [0.2, 0.25) is 0 Å². The average molecular weight is 255 g/mol. The van der Waals surface area contributed by atoms with Crippen LogP contribution in [0.2, 0.25) is 0 Å². The molecule has 0 spiro atoms. The van der Waals surface area contributed by atoms with Crippen molar-refractivity contribution in [3.05, 3.63) is 28.5 Å². The van der Waals surface area contributed by atoms with Gasteiger partial charge in [-0.3, -0.25) is 0 Å². The van der Waals surface area contributed by atoms with E-state index in [0.29, 0.717) is 5.92 Å². The zero-order valence-corrected chi connectivity index (χ0v) is 10.00.